The van der Waals surface area contributed by atoms with Gasteiger partial charge in [0.05, 0.1) is 21.5 Å². The highest BCUT2D eigenvalue weighted by Crippen LogP contribution is 2.30. The second kappa shape index (κ2) is 8.05. The van der Waals surface area contributed by atoms with E-state index in [0.29, 0.717) is 15.7 Å². The monoisotopic (exact) mass is 382 g/mol. The summed E-state index contributed by atoms with van der Waals surface area (Å²) in [5, 5.41) is 4.29. The molecule has 1 fully saturated rings. The van der Waals surface area contributed by atoms with Gasteiger partial charge in [-0.2, -0.15) is 0 Å². The van der Waals surface area contributed by atoms with E-state index in [4.69, 9.17) is 23.2 Å². The Labute approximate surface area is 154 Å². The minimum atomic E-state index is -0.162. The smallest absolute Gasteiger partial charge is 0.234 e. The first-order valence-corrected chi connectivity index (χ1v) is 9.31. The number of hydrogen-bond acceptors (Lipinski definition) is 5. The normalized spacial score (nSPS) is 14.0. The fourth-order valence-corrected chi connectivity index (χ4v) is 3.46. The summed E-state index contributed by atoms with van der Waals surface area (Å²) >= 11 is 13.4. The third kappa shape index (κ3) is 4.32. The third-order valence-corrected chi connectivity index (χ3v) is 5.38. The molecular weight excluding hydrogens is 367 g/mol. The summed E-state index contributed by atoms with van der Waals surface area (Å²) in [6, 6.07) is 7.06. The molecule has 24 heavy (non-hydrogen) atoms. The van der Waals surface area contributed by atoms with Gasteiger partial charge < -0.3 is 10.2 Å². The summed E-state index contributed by atoms with van der Waals surface area (Å²) in [5.41, 5.74) is 0.509. The van der Waals surface area contributed by atoms with Gasteiger partial charge in [-0.1, -0.05) is 41.0 Å². The summed E-state index contributed by atoms with van der Waals surface area (Å²) in [7, 11) is 0. The van der Waals surface area contributed by atoms with Gasteiger partial charge in [-0.15, -0.1) is 0 Å². The van der Waals surface area contributed by atoms with Gasteiger partial charge in [0.1, 0.15) is 17.2 Å². The summed E-state index contributed by atoms with van der Waals surface area (Å²) < 4.78 is 0. The van der Waals surface area contributed by atoms with E-state index in [1.165, 1.54) is 24.6 Å². The van der Waals surface area contributed by atoms with Gasteiger partial charge in [0.15, 0.2) is 0 Å². The lowest BCUT2D eigenvalue weighted by Crippen LogP contribution is -2.19. The first kappa shape index (κ1) is 17.3. The molecule has 0 atom stereocenters. The van der Waals surface area contributed by atoms with Crippen molar-refractivity contribution in [3.05, 3.63) is 40.6 Å². The molecule has 8 heteroatoms. The lowest BCUT2D eigenvalue weighted by atomic mass is 10.3. The number of nitrogens with zero attached hydrogens (tertiary/aromatic N) is 3. The molecule has 126 valence electrons. The van der Waals surface area contributed by atoms with E-state index in [2.05, 4.69) is 20.2 Å². The molecule has 2 heterocycles. The van der Waals surface area contributed by atoms with Crippen LogP contribution in [0.1, 0.15) is 12.8 Å². The van der Waals surface area contributed by atoms with Crippen molar-refractivity contribution >= 4 is 52.4 Å². The van der Waals surface area contributed by atoms with Gasteiger partial charge in [-0.3, -0.25) is 4.79 Å². The van der Waals surface area contributed by atoms with Crippen LogP contribution in [0, 0.1) is 0 Å². The molecule has 0 bridgehead atoms. The minimum Gasteiger partial charge on any atom is -0.356 e. The third-order valence-electron chi connectivity index (χ3n) is 3.63. The average molecular weight is 383 g/mol. The van der Waals surface area contributed by atoms with Gasteiger partial charge in [-0.05, 0) is 25.0 Å². The lowest BCUT2D eigenvalue weighted by Gasteiger charge is -2.16. The van der Waals surface area contributed by atoms with Gasteiger partial charge >= 0.3 is 0 Å². The van der Waals surface area contributed by atoms with Crippen molar-refractivity contribution in [1.29, 1.82) is 0 Å². The quantitative estimate of drug-likeness (QED) is 0.622. The molecule has 1 aromatic heterocycles. The summed E-state index contributed by atoms with van der Waals surface area (Å²) in [4.78, 5) is 22.9. The number of benzene rings is 1. The predicted molar refractivity (Wildman–Crippen MR) is 99.3 cm³/mol. The Balaban J connectivity index is 1.58. The van der Waals surface area contributed by atoms with Gasteiger partial charge in [0.25, 0.3) is 0 Å². The largest absolute Gasteiger partial charge is 0.356 e. The van der Waals surface area contributed by atoms with Crippen molar-refractivity contribution in [2.45, 2.75) is 17.9 Å². The standard InChI is InChI=1S/C16H16Cl2N4OS/c17-11-4-3-5-12(16(11)18)21-14(23)9-24-15-8-13(19-10-20-15)22-6-1-2-7-22/h3-5,8,10H,1-2,6-7,9H2,(H,21,23). The van der Waals surface area contributed by atoms with E-state index in [9.17, 15) is 4.79 Å². The molecule has 2 aromatic rings. The van der Waals surface area contributed by atoms with Gasteiger partial charge in [0, 0.05) is 19.2 Å². The Morgan fingerprint density at radius 1 is 1.25 bits per heavy atom. The number of carbonyl (C=O) groups is 1. The zero-order chi connectivity index (χ0) is 16.9. The van der Waals surface area contributed by atoms with Crippen LogP contribution < -0.4 is 10.2 Å². The molecule has 1 amide bonds. The number of anilines is 2. The molecule has 1 N–H and O–H groups in total. The van der Waals surface area contributed by atoms with Crippen LogP contribution in [0.4, 0.5) is 11.5 Å². The van der Waals surface area contributed by atoms with Gasteiger partial charge in [0.2, 0.25) is 5.91 Å². The fourth-order valence-electron chi connectivity index (χ4n) is 2.45. The maximum atomic E-state index is 12.1. The molecule has 5 nitrogen and oxygen atoms in total. The van der Waals surface area contributed by atoms with Crippen LogP contribution in [0.25, 0.3) is 0 Å². The number of halogens is 2. The predicted octanol–water partition coefficient (Wildman–Crippen LogP) is 4.11. The van der Waals surface area contributed by atoms with Crippen LogP contribution in [-0.2, 0) is 4.79 Å². The molecule has 0 saturated carbocycles. The maximum absolute atomic E-state index is 12.1. The Morgan fingerprint density at radius 3 is 2.83 bits per heavy atom. The maximum Gasteiger partial charge on any atom is 0.234 e. The van der Waals surface area contributed by atoms with E-state index in [-0.39, 0.29) is 11.7 Å². The number of rotatable bonds is 5. The van der Waals surface area contributed by atoms with Crippen molar-refractivity contribution in [3.8, 4) is 0 Å². The van der Waals surface area contributed by atoms with E-state index < -0.39 is 0 Å². The van der Waals surface area contributed by atoms with E-state index in [0.717, 1.165) is 23.9 Å². The molecular formula is C16H16Cl2N4OS. The minimum absolute atomic E-state index is 0.162. The Kier molecular flexibility index (Phi) is 5.81. The van der Waals surface area contributed by atoms with Crippen molar-refractivity contribution < 1.29 is 4.79 Å². The van der Waals surface area contributed by atoms with Crippen molar-refractivity contribution in [3.63, 3.8) is 0 Å². The van der Waals surface area contributed by atoms with E-state index in [1.807, 2.05) is 6.07 Å². The summed E-state index contributed by atoms with van der Waals surface area (Å²) in [5.74, 6) is 0.994. The lowest BCUT2D eigenvalue weighted by molar-refractivity contribution is -0.113. The Bertz CT molecular complexity index is 738. The SMILES string of the molecule is O=C(CSc1cc(N2CCCC2)ncn1)Nc1cccc(Cl)c1Cl. The van der Waals surface area contributed by atoms with Crippen molar-refractivity contribution in [1.82, 2.24) is 9.97 Å². The molecule has 0 radical (unpaired) electrons. The van der Waals surface area contributed by atoms with E-state index in [1.54, 1.807) is 24.5 Å². The Hall–Kier alpha value is -1.50. The number of aromatic nitrogens is 2. The Morgan fingerprint density at radius 2 is 2.04 bits per heavy atom. The van der Waals surface area contributed by atoms with Crippen LogP contribution in [0.15, 0.2) is 35.6 Å². The fraction of sp³-hybridized carbons (Fsp3) is 0.312. The highest BCUT2D eigenvalue weighted by Gasteiger charge is 2.15. The van der Waals surface area contributed by atoms with Crippen molar-refractivity contribution in [2.75, 3.05) is 29.1 Å². The summed E-state index contributed by atoms with van der Waals surface area (Å²) in [6.07, 6.45) is 3.92. The molecule has 0 aliphatic carbocycles. The van der Waals surface area contributed by atoms with Gasteiger partial charge in [-0.25, -0.2) is 9.97 Å². The number of amides is 1. The highest BCUT2D eigenvalue weighted by atomic mass is 35.5. The zero-order valence-electron chi connectivity index (χ0n) is 12.8. The number of carbonyl (C=O) groups excluding carboxylic acids is 1. The second-order valence-corrected chi connectivity index (χ2v) is 7.13. The number of thioether (sulfide) groups is 1. The molecule has 0 unspecified atom stereocenters. The first-order chi connectivity index (χ1) is 11.6. The van der Waals surface area contributed by atoms with Crippen LogP contribution in [0.5, 0.6) is 0 Å². The summed E-state index contributed by atoms with van der Waals surface area (Å²) in [6.45, 7) is 2.05. The van der Waals surface area contributed by atoms with Crippen LogP contribution in [0.2, 0.25) is 10.0 Å². The molecule has 1 aromatic carbocycles. The molecule has 3 rings (SSSR count). The molecule has 1 aliphatic heterocycles. The van der Waals surface area contributed by atoms with Crippen molar-refractivity contribution in [2.24, 2.45) is 0 Å². The molecule has 0 spiro atoms. The second-order valence-electron chi connectivity index (χ2n) is 5.35. The number of hydrogen-bond donors (Lipinski definition) is 1. The zero-order valence-corrected chi connectivity index (χ0v) is 15.2. The topological polar surface area (TPSA) is 58.1 Å². The number of nitrogens with one attached hydrogen (secondary N) is 1. The van der Waals surface area contributed by atoms with Crippen LogP contribution in [0.3, 0.4) is 0 Å². The van der Waals surface area contributed by atoms with Crippen LogP contribution >= 0.6 is 35.0 Å². The van der Waals surface area contributed by atoms with Crippen LogP contribution in [-0.4, -0.2) is 34.7 Å². The van der Waals surface area contributed by atoms with E-state index >= 15 is 0 Å². The molecule has 1 aliphatic rings. The first-order valence-electron chi connectivity index (χ1n) is 7.57. The highest BCUT2D eigenvalue weighted by molar-refractivity contribution is 7.99. The molecule has 1 saturated heterocycles. The average Bonchev–Trinajstić information content (AvgIpc) is 3.12.